The Kier molecular flexibility index (Phi) is 5.16. The molecular formula is C15H16N2O3S. The third-order valence-electron chi connectivity index (χ3n) is 2.87. The summed E-state index contributed by atoms with van der Waals surface area (Å²) in [6, 6.07) is 10.9. The van der Waals surface area contributed by atoms with Crippen molar-refractivity contribution < 1.29 is 14.7 Å². The predicted molar refractivity (Wildman–Crippen MR) is 83.1 cm³/mol. The minimum atomic E-state index is -1.02. The van der Waals surface area contributed by atoms with E-state index in [1.54, 1.807) is 0 Å². The van der Waals surface area contributed by atoms with Crippen LogP contribution in [-0.4, -0.2) is 33.8 Å². The lowest BCUT2D eigenvalue weighted by Gasteiger charge is -2.12. The third kappa shape index (κ3) is 4.46. The van der Waals surface area contributed by atoms with Crippen molar-refractivity contribution in [2.45, 2.75) is 18.7 Å². The van der Waals surface area contributed by atoms with E-state index in [1.165, 1.54) is 18.7 Å². The average molecular weight is 304 g/mol. The van der Waals surface area contributed by atoms with Gasteiger partial charge in [-0.1, -0.05) is 24.3 Å². The lowest BCUT2D eigenvalue weighted by atomic mass is 10.2. The molecule has 1 unspecified atom stereocenters. The van der Waals surface area contributed by atoms with Gasteiger partial charge >= 0.3 is 5.97 Å². The van der Waals surface area contributed by atoms with Crippen LogP contribution < -0.4 is 5.32 Å². The van der Waals surface area contributed by atoms with Crippen LogP contribution in [0.2, 0.25) is 0 Å². The summed E-state index contributed by atoms with van der Waals surface area (Å²) in [5, 5.41) is 12.5. The molecule has 0 aliphatic carbocycles. The van der Waals surface area contributed by atoms with Gasteiger partial charge in [0.25, 0.3) is 0 Å². The summed E-state index contributed by atoms with van der Waals surface area (Å²) < 4.78 is 0. The van der Waals surface area contributed by atoms with Crippen LogP contribution in [0.5, 0.6) is 0 Å². The van der Waals surface area contributed by atoms with E-state index in [2.05, 4.69) is 10.3 Å². The standard InChI is InChI=1S/C15H16N2O3S/c1-10(18)16-14(15(19)20)9-21-8-12-7-6-11-4-2-3-5-13(11)17-12/h2-7,14H,8-9H2,1H3,(H,16,18)(H,19,20). The first kappa shape index (κ1) is 15.3. The monoisotopic (exact) mass is 304 g/mol. The van der Waals surface area contributed by atoms with Crippen molar-refractivity contribution in [1.29, 1.82) is 0 Å². The van der Waals surface area contributed by atoms with Crippen molar-refractivity contribution in [2.24, 2.45) is 0 Å². The second-order valence-electron chi connectivity index (χ2n) is 4.60. The number of rotatable bonds is 6. The first-order valence-corrected chi connectivity index (χ1v) is 7.64. The number of carbonyl (C=O) groups is 2. The molecule has 0 fully saturated rings. The molecule has 0 bridgehead atoms. The minimum absolute atomic E-state index is 0.309. The van der Waals surface area contributed by atoms with Crippen molar-refractivity contribution in [1.82, 2.24) is 10.3 Å². The van der Waals surface area contributed by atoms with E-state index >= 15 is 0 Å². The number of benzene rings is 1. The van der Waals surface area contributed by atoms with Gasteiger partial charge in [0.15, 0.2) is 0 Å². The van der Waals surface area contributed by atoms with Gasteiger partial charge in [0.2, 0.25) is 5.91 Å². The van der Waals surface area contributed by atoms with Crippen LogP contribution in [0.25, 0.3) is 10.9 Å². The van der Waals surface area contributed by atoms with Gasteiger partial charge in [-0.05, 0) is 12.1 Å². The van der Waals surface area contributed by atoms with Gasteiger partial charge in [0, 0.05) is 23.8 Å². The number of nitrogens with one attached hydrogen (secondary N) is 1. The third-order valence-corrected chi connectivity index (χ3v) is 3.94. The highest BCUT2D eigenvalue weighted by atomic mass is 32.2. The van der Waals surface area contributed by atoms with E-state index in [1.807, 2.05) is 36.4 Å². The summed E-state index contributed by atoms with van der Waals surface area (Å²) in [4.78, 5) is 26.5. The molecule has 0 radical (unpaired) electrons. The highest BCUT2D eigenvalue weighted by Gasteiger charge is 2.18. The van der Waals surface area contributed by atoms with Gasteiger partial charge in [-0.2, -0.15) is 11.8 Å². The van der Waals surface area contributed by atoms with Crippen LogP contribution in [0.15, 0.2) is 36.4 Å². The Hall–Kier alpha value is -2.08. The molecule has 0 aliphatic rings. The summed E-state index contributed by atoms with van der Waals surface area (Å²) >= 11 is 1.44. The maximum atomic E-state index is 11.0. The average Bonchev–Trinajstić information content (AvgIpc) is 2.45. The Balaban J connectivity index is 1.94. The van der Waals surface area contributed by atoms with Crippen LogP contribution in [0.4, 0.5) is 0 Å². The molecule has 2 N–H and O–H groups in total. The fourth-order valence-electron chi connectivity index (χ4n) is 1.89. The molecule has 110 valence electrons. The van der Waals surface area contributed by atoms with Gasteiger partial charge < -0.3 is 10.4 Å². The number of carboxylic acids is 1. The second kappa shape index (κ2) is 7.08. The van der Waals surface area contributed by atoms with E-state index in [4.69, 9.17) is 5.11 Å². The largest absolute Gasteiger partial charge is 0.480 e. The molecular weight excluding hydrogens is 288 g/mol. The van der Waals surface area contributed by atoms with Gasteiger partial charge in [0.05, 0.1) is 11.2 Å². The van der Waals surface area contributed by atoms with Gasteiger partial charge in [0.1, 0.15) is 6.04 Å². The van der Waals surface area contributed by atoms with Crippen molar-refractivity contribution in [3.63, 3.8) is 0 Å². The molecule has 21 heavy (non-hydrogen) atoms. The minimum Gasteiger partial charge on any atom is -0.480 e. The first-order chi connectivity index (χ1) is 10.1. The van der Waals surface area contributed by atoms with Crippen LogP contribution in [0.1, 0.15) is 12.6 Å². The number of fused-ring (bicyclic) bond motifs is 1. The topological polar surface area (TPSA) is 79.3 Å². The molecule has 6 heteroatoms. The number of amides is 1. The highest BCUT2D eigenvalue weighted by molar-refractivity contribution is 7.98. The number of nitrogens with zero attached hydrogens (tertiary/aromatic N) is 1. The molecule has 1 atom stereocenters. The Morgan fingerprint density at radius 1 is 1.29 bits per heavy atom. The number of carboxylic acid groups (broad SMARTS) is 1. The molecule has 1 heterocycles. The number of pyridine rings is 1. The summed E-state index contributed by atoms with van der Waals surface area (Å²) in [5.74, 6) is -0.451. The molecule has 0 saturated carbocycles. The number of hydrogen-bond donors (Lipinski definition) is 2. The Morgan fingerprint density at radius 2 is 2.05 bits per heavy atom. The maximum Gasteiger partial charge on any atom is 0.327 e. The van der Waals surface area contributed by atoms with Gasteiger partial charge in [-0.25, -0.2) is 4.79 Å². The van der Waals surface area contributed by atoms with Gasteiger partial charge in [-0.15, -0.1) is 0 Å². The Morgan fingerprint density at radius 3 is 2.76 bits per heavy atom. The predicted octanol–water partition coefficient (Wildman–Crippen LogP) is 2.06. The normalized spacial score (nSPS) is 12.0. The van der Waals surface area contributed by atoms with Crippen LogP contribution in [-0.2, 0) is 15.3 Å². The molecule has 0 spiro atoms. The zero-order valence-corrected chi connectivity index (χ0v) is 12.4. The number of carbonyl (C=O) groups excluding carboxylic acids is 1. The fourth-order valence-corrected chi connectivity index (χ4v) is 2.84. The van der Waals surface area contributed by atoms with E-state index in [9.17, 15) is 9.59 Å². The molecule has 0 saturated heterocycles. The van der Waals surface area contributed by atoms with Crippen molar-refractivity contribution in [3.8, 4) is 0 Å². The summed E-state index contributed by atoms with van der Waals surface area (Å²) in [6.07, 6.45) is 0. The summed E-state index contributed by atoms with van der Waals surface area (Å²) in [6.45, 7) is 1.31. The molecule has 2 rings (SSSR count). The second-order valence-corrected chi connectivity index (χ2v) is 5.63. The lowest BCUT2D eigenvalue weighted by molar-refractivity contribution is -0.140. The number of aliphatic carboxylic acids is 1. The zero-order chi connectivity index (χ0) is 15.2. The molecule has 1 aromatic carbocycles. The summed E-state index contributed by atoms with van der Waals surface area (Å²) in [5.41, 5.74) is 1.82. The summed E-state index contributed by atoms with van der Waals surface area (Å²) in [7, 11) is 0. The SMILES string of the molecule is CC(=O)NC(CSCc1ccc2ccccc2n1)C(=O)O. The quantitative estimate of drug-likeness (QED) is 0.854. The van der Waals surface area contributed by atoms with E-state index in [-0.39, 0.29) is 5.91 Å². The Bertz CT molecular complexity index is 660. The van der Waals surface area contributed by atoms with E-state index in [0.29, 0.717) is 11.5 Å². The Labute approximate surface area is 126 Å². The molecule has 0 aliphatic heterocycles. The smallest absolute Gasteiger partial charge is 0.327 e. The number of hydrogen-bond acceptors (Lipinski definition) is 4. The molecule has 1 amide bonds. The molecule has 2 aromatic rings. The highest BCUT2D eigenvalue weighted by Crippen LogP contribution is 2.16. The molecule has 1 aromatic heterocycles. The maximum absolute atomic E-state index is 11.0. The first-order valence-electron chi connectivity index (χ1n) is 6.48. The van der Waals surface area contributed by atoms with Crippen molar-refractivity contribution in [2.75, 3.05) is 5.75 Å². The van der Waals surface area contributed by atoms with Gasteiger partial charge in [-0.3, -0.25) is 9.78 Å². The van der Waals surface area contributed by atoms with Crippen LogP contribution in [0, 0.1) is 0 Å². The van der Waals surface area contributed by atoms with Crippen molar-refractivity contribution >= 4 is 34.5 Å². The van der Waals surface area contributed by atoms with Crippen LogP contribution in [0.3, 0.4) is 0 Å². The molecule has 5 nitrogen and oxygen atoms in total. The number of aromatic nitrogens is 1. The number of thioether (sulfide) groups is 1. The van der Waals surface area contributed by atoms with E-state index in [0.717, 1.165) is 16.6 Å². The number of para-hydroxylation sites is 1. The lowest BCUT2D eigenvalue weighted by Crippen LogP contribution is -2.41. The fraction of sp³-hybridized carbons (Fsp3) is 0.267. The van der Waals surface area contributed by atoms with E-state index < -0.39 is 12.0 Å². The van der Waals surface area contributed by atoms with Crippen LogP contribution >= 0.6 is 11.8 Å². The zero-order valence-electron chi connectivity index (χ0n) is 11.6. The van der Waals surface area contributed by atoms with Crippen molar-refractivity contribution in [3.05, 3.63) is 42.1 Å².